The number of quaternary nitrogens is 1. The van der Waals surface area contributed by atoms with Crippen LogP contribution < -0.4 is 10.2 Å². The molecule has 1 aliphatic heterocycles. The molecule has 0 radical (unpaired) electrons. The standard InChI is InChI=1S/C9H22N2O3Si/c1-12-15(13-2,14-3)8-4-6-11-7-5-10-9-11/h10H,4-9H2,1-3H3/p+1. The molecule has 0 amide bonds. The molecule has 1 atom stereocenters. The minimum absolute atomic E-state index is 0.903. The lowest BCUT2D eigenvalue weighted by atomic mass is 10.4. The molecule has 90 valence electrons. The molecule has 1 fully saturated rings. The van der Waals surface area contributed by atoms with E-state index >= 15 is 0 Å². The van der Waals surface area contributed by atoms with Crippen molar-refractivity contribution in [3.8, 4) is 0 Å². The summed E-state index contributed by atoms with van der Waals surface area (Å²) in [4.78, 5) is 1.61. The van der Waals surface area contributed by atoms with E-state index in [1.54, 1.807) is 26.2 Å². The molecule has 1 aliphatic rings. The van der Waals surface area contributed by atoms with Gasteiger partial charge >= 0.3 is 8.80 Å². The van der Waals surface area contributed by atoms with Crippen LogP contribution in [0.5, 0.6) is 0 Å². The van der Waals surface area contributed by atoms with Crippen molar-refractivity contribution in [1.29, 1.82) is 0 Å². The smallest absolute Gasteiger partial charge is 0.377 e. The van der Waals surface area contributed by atoms with Crippen LogP contribution >= 0.6 is 0 Å². The first-order valence-corrected chi connectivity index (χ1v) is 7.39. The highest BCUT2D eigenvalue weighted by Gasteiger charge is 2.37. The van der Waals surface area contributed by atoms with Crippen molar-refractivity contribution < 1.29 is 18.2 Å². The zero-order valence-electron chi connectivity index (χ0n) is 9.97. The van der Waals surface area contributed by atoms with Crippen LogP contribution in [0.3, 0.4) is 0 Å². The summed E-state index contributed by atoms with van der Waals surface area (Å²) in [5.74, 6) is 0. The Bertz CT molecular complexity index is 164. The molecule has 1 rings (SSSR count). The summed E-state index contributed by atoms with van der Waals surface area (Å²) in [5.41, 5.74) is 0. The quantitative estimate of drug-likeness (QED) is 0.539. The van der Waals surface area contributed by atoms with Gasteiger partial charge in [0.2, 0.25) is 0 Å². The highest BCUT2D eigenvalue weighted by atomic mass is 28.4. The summed E-state index contributed by atoms with van der Waals surface area (Å²) in [6.45, 7) is 4.61. The van der Waals surface area contributed by atoms with Crippen molar-refractivity contribution in [1.82, 2.24) is 5.32 Å². The molecule has 15 heavy (non-hydrogen) atoms. The van der Waals surface area contributed by atoms with Gasteiger partial charge < -0.3 is 18.2 Å². The fraction of sp³-hybridized carbons (Fsp3) is 1.00. The molecule has 0 aromatic rings. The third-order valence-corrected chi connectivity index (χ3v) is 5.81. The van der Waals surface area contributed by atoms with E-state index in [1.807, 2.05) is 0 Å². The molecule has 0 aromatic carbocycles. The average molecular weight is 235 g/mol. The maximum atomic E-state index is 5.37. The summed E-state index contributed by atoms with van der Waals surface area (Å²) in [7, 11) is 2.69. The van der Waals surface area contributed by atoms with Gasteiger partial charge in [-0.15, -0.1) is 0 Å². The lowest BCUT2D eigenvalue weighted by Gasteiger charge is -2.24. The molecule has 1 heterocycles. The van der Waals surface area contributed by atoms with Crippen LogP contribution in [0.15, 0.2) is 0 Å². The van der Waals surface area contributed by atoms with E-state index < -0.39 is 8.80 Å². The number of nitrogens with one attached hydrogen (secondary N) is 2. The highest BCUT2D eigenvalue weighted by molar-refractivity contribution is 6.60. The molecule has 0 spiro atoms. The van der Waals surface area contributed by atoms with Gasteiger partial charge in [0.1, 0.15) is 6.67 Å². The Morgan fingerprint density at radius 1 is 1.20 bits per heavy atom. The zero-order valence-corrected chi connectivity index (χ0v) is 11.0. The Labute approximate surface area is 93.1 Å². The summed E-state index contributed by atoms with van der Waals surface area (Å²) in [5, 5.41) is 3.34. The fourth-order valence-corrected chi connectivity index (χ4v) is 3.67. The van der Waals surface area contributed by atoms with E-state index in [0.717, 1.165) is 32.2 Å². The first kappa shape index (κ1) is 13.1. The first-order chi connectivity index (χ1) is 7.26. The lowest BCUT2D eigenvalue weighted by molar-refractivity contribution is -0.887. The number of rotatable bonds is 7. The minimum Gasteiger partial charge on any atom is -0.377 e. The molecular weight excluding hydrogens is 212 g/mol. The predicted molar refractivity (Wildman–Crippen MR) is 59.8 cm³/mol. The van der Waals surface area contributed by atoms with Crippen LogP contribution in [-0.2, 0) is 13.3 Å². The van der Waals surface area contributed by atoms with Gasteiger partial charge in [-0.25, -0.2) is 0 Å². The number of hydrogen-bond donors (Lipinski definition) is 2. The molecule has 1 saturated heterocycles. The lowest BCUT2D eigenvalue weighted by Crippen LogP contribution is -3.10. The molecule has 5 nitrogen and oxygen atoms in total. The Kier molecular flexibility index (Phi) is 5.73. The molecule has 0 saturated carbocycles. The van der Waals surface area contributed by atoms with Crippen molar-refractivity contribution in [2.75, 3.05) is 47.6 Å². The number of hydrogen-bond acceptors (Lipinski definition) is 4. The average Bonchev–Trinajstić information content (AvgIpc) is 2.78. The molecule has 0 aromatic heterocycles. The van der Waals surface area contributed by atoms with Crippen LogP contribution in [0.4, 0.5) is 0 Å². The van der Waals surface area contributed by atoms with Crippen molar-refractivity contribution >= 4 is 8.80 Å². The Morgan fingerprint density at radius 2 is 1.87 bits per heavy atom. The van der Waals surface area contributed by atoms with E-state index in [1.165, 1.54) is 6.54 Å². The third-order valence-electron chi connectivity index (χ3n) is 2.98. The maximum absolute atomic E-state index is 5.37. The van der Waals surface area contributed by atoms with E-state index in [9.17, 15) is 0 Å². The van der Waals surface area contributed by atoms with Crippen LogP contribution in [0.1, 0.15) is 6.42 Å². The van der Waals surface area contributed by atoms with Crippen molar-refractivity contribution in [2.24, 2.45) is 0 Å². The normalized spacial score (nSPS) is 22.2. The van der Waals surface area contributed by atoms with Gasteiger partial charge in [-0.2, -0.15) is 0 Å². The van der Waals surface area contributed by atoms with Crippen LogP contribution in [0.25, 0.3) is 0 Å². The van der Waals surface area contributed by atoms with Crippen LogP contribution in [0.2, 0.25) is 6.04 Å². The van der Waals surface area contributed by atoms with Crippen molar-refractivity contribution in [3.05, 3.63) is 0 Å². The van der Waals surface area contributed by atoms with Gasteiger partial charge in [0.05, 0.1) is 13.1 Å². The van der Waals surface area contributed by atoms with Crippen LogP contribution in [0, 0.1) is 0 Å². The van der Waals surface area contributed by atoms with Gasteiger partial charge in [-0.1, -0.05) is 0 Å². The maximum Gasteiger partial charge on any atom is 0.500 e. The van der Waals surface area contributed by atoms with E-state index in [2.05, 4.69) is 5.32 Å². The van der Waals surface area contributed by atoms with Gasteiger partial charge in [0, 0.05) is 40.3 Å². The second-order valence-electron chi connectivity index (χ2n) is 3.83. The molecule has 0 bridgehead atoms. The molecule has 6 heteroatoms. The van der Waals surface area contributed by atoms with Gasteiger partial charge in [-0.3, -0.25) is 5.32 Å². The summed E-state index contributed by atoms with van der Waals surface area (Å²) in [6.07, 6.45) is 1.10. The summed E-state index contributed by atoms with van der Waals surface area (Å²) < 4.78 is 16.1. The van der Waals surface area contributed by atoms with Crippen molar-refractivity contribution in [2.45, 2.75) is 12.5 Å². The fourth-order valence-electron chi connectivity index (χ4n) is 1.94. The third kappa shape index (κ3) is 3.82. The summed E-state index contributed by atoms with van der Waals surface area (Å²) in [6, 6.07) is 0.903. The van der Waals surface area contributed by atoms with Gasteiger partial charge in [0.15, 0.2) is 0 Å². The second-order valence-corrected chi connectivity index (χ2v) is 6.92. The molecule has 1 unspecified atom stereocenters. The topological polar surface area (TPSA) is 44.2 Å². The van der Waals surface area contributed by atoms with E-state index in [-0.39, 0.29) is 0 Å². The Balaban J connectivity index is 2.21. The van der Waals surface area contributed by atoms with Crippen molar-refractivity contribution in [3.63, 3.8) is 0 Å². The highest BCUT2D eigenvalue weighted by Crippen LogP contribution is 2.13. The van der Waals surface area contributed by atoms with Gasteiger partial charge in [-0.05, 0) is 0 Å². The first-order valence-electron chi connectivity index (χ1n) is 5.46. The molecule has 2 N–H and O–H groups in total. The zero-order chi connectivity index (χ0) is 11.1. The Morgan fingerprint density at radius 3 is 2.33 bits per heavy atom. The molecule has 0 aliphatic carbocycles. The summed E-state index contributed by atoms with van der Waals surface area (Å²) >= 11 is 0. The predicted octanol–water partition coefficient (Wildman–Crippen LogP) is -1.30. The Hall–Kier alpha value is 0.0169. The van der Waals surface area contributed by atoms with Gasteiger partial charge in [0.25, 0.3) is 0 Å². The second kappa shape index (κ2) is 6.57. The van der Waals surface area contributed by atoms with E-state index in [4.69, 9.17) is 13.3 Å². The SMILES string of the molecule is CO[Si](CCC[NH+]1CCNC1)(OC)OC. The molecular formula is C9H23N2O3Si+. The van der Waals surface area contributed by atoms with E-state index in [0.29, 0.717) is 0 Å². The van der Waals surface area contributed by atoms with Crippen LogP contribution in [-0.4, -0.2) is 56.4 Å². The monoisotopic (exact) mass is 235 g/mol. The largest absolute Gasteiger partial charge is 0.500 e. The minimum atomic E-state index is -2.32.